The molecule has 0 fully saturated rings. The van der Waals surface area contributed by atoms with E-state index in [1.165, 1.54) is 35.4 Å². The average molecular weight is 682 g/mol. The number of hydrogen-bond donors (Lipinski definition) is 0. The Kier molecular flexibility index (Phi) is 8.02. The van der Waals surface area contributed by atoms with Crippen molar-refractivity contribution in [3.8, 4) is 11.5 Å². The summed E-state index contributed by atoms with van der Waals surface area (Å²) in [5.41, 5.74) is 2.78. The summed E-state index contributed by atoms with van der Waals surface area (Å²) in [6.07, 6.45) is -1.95. The van der Waals surface area contributed by atoms with Crippen LogP contribution in [0.5, 0.6) is 11.5 Å². The van der Waals surface area contributed by atoms with Gasteiger partial charge in [-0.1, -0.05) is 0 Å². The summed E-state index contributed by atoms with van der Waals surface area (Å²) < 4.78 is 96.5. The van der Waals surface area contributed by atoms with Crippen LogP contribution in [0.3, 0.4) is 0 Å². The van der Waals surface area contributed by atoms with Gasteiger partial charge in [0.15, 0.2) is 0 Å². The third-order valence-corrected chi connectivity index (χ3v) is 17.3. The summed E-state index contributed by atoms with van der Waals surface area (Å²) in [7, 11) is 0. The Morgan fingerprint density at radius 2 is 0.860 bits per heavy atom. The van der Waals surface area contributed by atoms with Gasteiger partial charge in [-0.05, 0) is 0 Å². The third kappa shape index (κ3) is 6.21. The normalized spacial score (nSPS) is 19.1. The van der Waals surface area contributed by atoms with E-state index in [0.717, 1.165) is 54.8 Å². The van der Waals surface area contributed by atoms with E-state index in [0.29, 0.717) is 12.8 Å². The molecule has 0 aromatic heterocycles. The fourth-order valence-corrected chi connectivity index (χ4v) is 16.0. The van der Waals surface area contributed by atoms with Crippen LogP contribution in [0.4, 0.5) is 26.3 Å². The second-order valence-electron chi connectivity index (χ2n) is 13.4. The minimum atomic E-state index is -4.86. The molecule has 0 radical (unpaired) electrons. The summed E-state index contributed by atoms with van der Waals surface area (Å²) in [5, 5.41) is 0. The number of allylic oxidation sites excluding steroid dienone is 8. The van der Waals surface area contributed by atoms with Gasteiger partial charge in [0.05, 0.1) is 0 Å². The van der Waals surface area contributed by atoms with Crippen LogP contribution in [0.1, 0.15) is 78.4 Å². The van der Waals surface area contributed by atoms with E-state index in [2.05, 4.69) is 53.7 Å². The first kappa shape index (κ1) is 31.9. The van der Waals surface area contributed by atoms with Crippen molar-refractivity contribution in [1.82, 2.24) is 0 Å². The number of benzene rings is 2. The quantitative estimate of drug-likeness (QED) is 0.299. The molecule has 230 valence electrons. The van der Waals surface area contributed by atoms with Crippen LogP contribution >= 0.6 is 0 Å². The molecule has 0 saturated carbocycles. The van der Waals surface area contributed by atoms with Crippen molar-refractivity contribution in [1.29, 1.82) is 0 Å². The zero-order valence-electron chi connectivity index (χ0n) is 25.2. The minimum absolute atomic E-state index is 0.172. The van der Waals surface area contributed by atoms with E-state index in [9.17, 15) is 26.3 Å². The van der Waals surface area contributed by atoms with Crippen molar-refractivity contribution in [2.75, 3.05) is 0 Å². The third-order valence-electron chi connectivity index (χ3n) is 8.32. The second-order valence-corrected chi connectivity index (χ2v) is 20.4. The molecule has 2 aliphatic carbocycles. The Morgan fingerprint density at radius 1 is 0.535 bits per heavy atom. The zero-order chi connectivity index (χ0) is 31.6. The van der Waals surface area contributed by atoms with Crippen molar-refractivity contribution >= 4 is 0 Å². The molecular weight excluding hydrogens is 646 g/mol. The van der Waals surface area contributed by atoms with Crippen LogP contribution in [-0.4, -0.2) is 0 Å². The van der Waals surface area contributed by atoms with E-state index in [4.69, 9.17) is 5.63 Å². The topological polar surface area (TPSA) is 18.5 Å². The predicted molar refractivity (Wildman–Crippen MR) is 152 cm³/mol. The second kappa shape index (κ2) is 10.8. The summed E-state index contributed by atoms with van der Waals surface area (Å²) in [4.78, 5) is 0. The summed E-state index contributed by atoms with van der Waals surface area (Å²) >= 11 is -4.86. The molecule has 43 heavy (non-hydrogen) atoms. The van der Waals surface area contributed by atoms with Gasteiger partial charge in [0.25, 0.3) is 0 Å². The first-order valence-electron chi connectivity index (χ1n) is 14.4. The van der Waals surface area contributed by atoms with Gasteiger partial charge < -0.3 is 0 Å². The van der Waals surface area contributed by atoms with Crippen molar-refractivity contribution in [2.24, 2.45) is 10.8 Å². The first-order chi connectivity index (χ1) is 19.8. The van der Waals surface area contributed by atoms with Gasteiger partial charge in [-0.3, -0.25) is 0 Å². The molecule has 0 atom stereocenters. The standard InChI is InChI=1S/C20H28.2C7H5F3O.Zr/c1-19(2,3)17-11-7-9-15(17)13-14-16-10-8-12-18(16)20(4,5)6;2*8-7(9,10)5-1-3-6(11)4-2-5;/h11-12H,7-8,13-14H2,1-6H3;2*1-4,11H;/q;;;+2/p-2. The maximum atomic E-state index is 13.4. The fourth-order valence-electron chi connectivity index (χ4n) is 6.44. The van der Waals surface area contributed by atoms with Gasteiger partial charge in [-0.2, -0.15) is 0 Å². The predicted octanol–water partition coefficient (Wildman–Crippen LogP) is 11.2. The van der Waals surface area contributed by atoms with Crippen molar-refractivity contribution in [3.63, 3.8) is 0 Å². The number of halogens is 6. The van der Waals surface area contributed by atoms with Crippen LogP contribution in [-0.2, 0) is 33.5 Å². The van der Waals surface area contributed by atoms with Crippen molar-refractivity contribution in [3.05, 3.63) is 101 Å². The molecule has 0 unspecified atom stereocenters. The maximum absolute atomic E-state index is 13.4. The average Bonchev–Trinajstić information content (AvgIpc) is 3.49. The Labute approximate surface area is 254 Å². The Morgan fingerprint density at radius 3 is 1.14 bits per heavy atom. The molecule has 2 aromatic carbocycles. The first-order valence-corrected chi connectivity index (χ1v) is 18.9. The molecule has 1 aliphatic heterocycles. The van der Waals surface area contributed by atoms with Crippen LogP contribution in [0, 0.1) is 10.8 Å². The fraction of sp³-hybridized carbons (Fsp3) is 0.412. The zero-order valence-corrected chi connectivity index (χ0v) is 27.6. The summed E-state index contributed by atoms with van der Waals surface area (Å²) in [5.74, 6) is 0.509. The Hall–Kier alpha value is -2.54. The summed E-state index contributed by atoms with van der Waals surface area (Å²) in [6.45, 7) is 12.9. The molecule has 1 heterocycles. The molecule has 3 aliphatic rings. The number of hydrogen-bond acceptors (Lipinski definition) is 2. The van der Waals surface area contributed by atoms with Crippen LogP contribution in [0.2, 0.25) is 0 Å². The summed E-state index contributed by atoms with van der Waals surface area (Å²) in [6, 6.07) is 9.27. The van der Waals surface area contributed by atoms with Gasteiger partial charge in [-0.15, -0.1) is 0 Å². The van der Waals surface area contributed by atoms with E-state index < -0.39 is 44.6 Å². The van der Waals surface area contributed by atoms with Gasteiger partial charge in [-0.25, -0.2) is 0 Å². The van der Waals surface area contributed by atoms with E-state index in [1.54, 1.807) is 0 Å². The van der Waals surface area contributed by atoms with Gasteiger partial charge in [0.1, 0.15) is 0 Å². The van der Waals surface area contributed by atoms with E-state index in [1.807, 2.05) is 0 Å². The van der Waals surface area contributed by atoms with Gasteiger partial charge >= 0.3 is 256 Å². The molecule has 2 aromatic rings. The molecule has 0 amide bonds. The van der Waals surface area contributed by atoms with Crippen LogP contribution in [0.25, 0.3) is 0 Å². The SMILES string of the molecule is CC(C)(C)C1=CC[C]2=C1CCC1=[C](CC=C1C(C)(C)C)[Zr]2([O]c1ccc(C(F)(F)F)cc1)[O]c1ccc(C(F)(F)F)cc1. The van der Waals surface area contributed by atoms with E-state index in [-0.39, 0.29) is 22.3 Å². The monoisotopic (exact) mass is 680 g/mol. The molecule has 0 bridgehead atoms. The molecule has 5 rings (SSSR count). The molecule has 2 nitrogen and oxygen atoms in total. The number of alkyl halides is 6. The van der Waals surface area contributed by atoms with Crippen molar-refractivity contribution in [2.45, 2.75) is 79.6 Å². The molecule has 0 N–H and O–H groups in total. The Balaban J connectivity index is 1.73. The van der Waals surface area contributed by atoms with Gasteiger partial charge in [0, 0.05) is 0 Å². The number of rotatable bonds is 4. The molecule has 0 spiro atoms. The van der Waals surface area contributed by atoms with Crippen LogP contribution < -0.4 is 5.63 Å². The molecule has 0 saturated heterocycles. The van der Waals surface area contributed by atoms with Gasteiger partial charge in [0.2, 0.25) is 0 Å². The van der Waals surface area contributed by atoms with Crippen molar-refractivity contribution < 1.29 is 53.1 Å². The molecule has 9 heteroatoms. The Bertz CT molecular complexity index is 1410. The molecular formula is C34H36F6O2Zr. The van der Waals surface area contributed by atoms with Crippen LogP contribution in [0.15, 0.2) is 89.5 Å². The van der Waals surface area contributed by atoms with E-state index >= 15 is 0 Å².